The molecule has 0 radical (unpaired) electrons. The first-order valence-electron chi connectivity index (χ1n) is 6.27. The van der Waals surface area contributed by atoms with E-state index in [-0.39, 0.29) is 6.17 Å². The molecule has 6 heteroatoms. The van der Waals surface area contributed by atoms with Gasteiger partial charge < -0.3 is 4.42 Å². The molecule has 2 aromatic rings. The van der Waals surface area contributed by atoms with E-state index in [1.807, 2.05) is 35.3 Å². The summed E-state index contributed by atoms with van der Waals surface area (Å²) in [5.41, 5.74) is 8.67. The Bertz CT molecular complexity index is 666. The number of nitrogens with zero attached hydrogens (tertiary/aromatic N) is 2. The first kappa shape index (κ1) is 11.6. The fourth-order valence-electron chi connectivity index (χ4n) is 2.18. The summed E-state index contributed by atoms with van der Waals surface area (Å²) in [6.07, 6.45) is 1.49. The van der Waals surface area contributed by atoms with Crippen LogP contribution in [0.15, 0.2) is 63.7 Å². The van der Waals surface area contributed by atoms with E-state index in [1.165, 1.54) is 0 Å². The zero-order valence-electron chi connectivity index (χ0n) is 10.5. The van der Waals surface area contributed by atoms with Crippen molar-refractivity contribution in [1.29, 1.82) is 0 Å². The standard InChI is InChI=1S/C14H12N4OS/c1-2-5-10(6-3-1)11-9-20-14-16-15-13(17-18(11)14)12-7-4-8-19-12/h1-9,13,15,17H. The lowest BCUT2D eigenvalue weighted by Gasteiger charge is -2.31. The van der Waals surface area contributed by atoms with Gasteiger partial charge in [0.15, 0.2) is 6.17 Å². The van der Waals surface area contributed by atoms with E-state index in [1.54, 1.807) is 18.0 Å². The Morgan fingerprint density at radius 1 is 1.15 bits per heavy atom. The van der Waals surface area contributed by atoms with E-state index in [4.69, 9.17) is 4.42 Å². The van der Waals surface area contributed by atoms with Crippen LogP contribution in [0, 0.1) is 0 Å². The van der Waals surface area contributed by atoms with Crippen molar-refractivity contribution < 1.29 is 4.42 Å². The van der Waals surface area contributed by atoms with Crippen LogP contribution in [0.25, 0.3) is 5.70 Å². The number of hydrazine groups is 1. The van der Waals surface area contributed by atoms with E-state index in [2.05, 4.69) is 33.5 Å². The van der Waals surface area contributed by atoms with Gasteiger partial charge in [-0.1, -0.05) is 42.1 Å². The maximum absolute atomic E-state index is 5.42. The van der Waals surface area contributed by atoms with E-state index >= 15 is 0 Å². The molecule has 1 unspecified atom stereocenters. The van der Waals surface area contributed by atoms with Crippen molar-refractivity contribution in [1.82, 2.24) is 15.9 Å². The van der Waals surface area contributed by atoms with Crippen LogP contribution in [0.2, 0.25) is 0 Å². The quantitative estimate of drug-likeness (QED) is 0.888. The highest BCUT2D eigenvalue weighted by Gasteiger charge is 2.31. The molecule has 3 heterocycles. The fraction of sp³-hybridized carbons (Fsp3) is 0.0714. The second kappa shape index (κ2) is 4.73. The summed E-state index contributed by atoms with van der Waals surface area (Å²) < 4.78 is 5.42. The van der Waals surface area contributed by atoms with Crippen LogP contribution in [0.3, 0.4) is 0 Å². The van der Waals surface area contributed by atoms with Gasteiger partial charge in [-0.05, 0) is 12.1 Å². The average molecular weight is 284 g/mol. The molecule has 2 N–H and O–H groups in total. The first-order chi connectivity index (χ1) is 9.92. The lowest BCUT2D eigenvalue weighted by atomic mass is 10.2. The van der Waals surface area contributed by atoms with Gasteiger partial charge in [0.25, 0.3) is 0 Å². The van der Waals surface area contributed by atoms with Gasteiger partial charge in [0.1, 0.15) is 5.76 Å². The molecule has 0 saturated heterocycles. The van der Waals surface area contributed by atoms with E-state index in [9.17, 15) is 0 Å². The molecule has 1 aromatic carbocycles. The minimum absolute atomic E-state index is 0.167. The third-order valence-electron chi connectivity index (χ3n) is 3.15. The van der Waals surface area contributed by atoms with Crippen LogP contribution in [-0.4, -0.2) is 10.2 Å². The fourth-order valence-corrected chi connectivity index (χ4v) is 3.01. The highest BCUT2D eigenvalue weighted by molar-refractivity contribution is 8.16. The van der Waals surface area contributed by atoms with Gasteiger partial charge in [-0.15, -0.1) is 0 Å². The number of furan rings is 1. The predicted molar refractivity (Wildman–Crippen MR) is 79.0 cm³/mol. The molecule has 0 fully saturated rings. The van der Waals surface area contributed by atoms with E-state index in [0.717, 1.165) is 22.2 Å². The lowest BCUT2D eigenvalue weighted by Crippen LogP contribution is -2.49. The number of benzene rings is 1. The van der Waals surface area contributed by atoms with E-state index < -0.39 is 0 Å². The smallest absolute Gasteiger partial charge is 0.206 e. The maximum Gasteiger partial charge on any atom is 0.206 e. The van der Waals surface area contributed by atoms with Crippen LogP contribution in [0.1, 0.15) is 17.5 Å². The van der Waals surface area contributed by atoms with Gasteiger partial charge in [-0.2, -0.15) is 10.5 Å². The summed E-state index contributed by atoms with van der Waals surface area (Å²) in [4.78, 5) is 0. The molecule has 1 aromatic heterocycles. The minimum atomic E-state index is -0.167. The molecule has 1 atom stereocenters. The molecule has 20 heavy (non-hydrogen) atoms. The number of rotatable bonds is 2. The Hall–Kier alpha value is -2.18. The van der Waals surface area contributed by atoms with Crippen LogP contribution in [0.5, 0.6) is 0 Å². The summed E-state index contributed by atoms with van der Waals surface area (Å²) >= 11 is 1.59. The van der Waals surface area contributed by atoms with Gasteiger partial charge in [-0.3, -0.25) is 5.43 Å². The molecular formula is C14H12N4OS. The highest BCUT2D eigenvalue weighted by Crippen LogP contribution is 2.34. The van der Waals surface area contributed by atoms with Crippen LogP contribution >= 0.6 is 11.8 Å². The Balaban J connectivity index is 1.64. The highest BCUT2D eigenvalue weighted by atomic mass is 32.2. The number of hydrogen-bond acceptors (Lipinski definition) is 6. The Morgan fingerprint density at radius 2 is 2.05 bits per heavy atom. The Labute approximate surface area is 120 Å². The normalized spacial score (nSPS) is 21.0. The topological polar surface area (TPSA) is 52.8 Å². The van der Waals surface area contributed by atoms with Gasteiger partial charge in [-0.25, -0.2) is 5.01 Å². The van der Waals surface area contributed by atoms with Gasteiger partial charge in [0.05, 0.1) is 12.0 Å². The molecule has 2 aliphatic heterocycles. The van der Waals surface area contributed by atoms with Gasteiger partial charge >= 0.3 is 0 Å². The SMILES string of the molecule is C1=C(c2ccccc2)N2NC(c3ccco3)NN=C2S1. The molecule has 0 saturated carbocycles. The number of fused-ring (bicyclic) bond motifs is 1. The molecule has 0 amide bonds. The van der Waals surface area contributed by atoms with Crippen molar-refractivity contribution in [2.45, 2.75) is 6.17 Å². The Morgan fingerprint density at radius 3 is 2.85 bits per heavy atom. The molecule has 0 bridgehead atoms. The van der Waals surface area contributed by atoms with E-state index in [0.29, 0.717) is 0 Å². The number of hydrogen-bond donors (Lipinski definition) is 2. The third kappa shape index (κ3) is 1.90. The number of hydrazone groups is 1. The van der Waals surface area contributed by atoms with Crippen molar-refractivity contribution in [2.24, 2.45) is 5.10 Å². The third-order valence-corrected chi connectivity index (χ3v) is 3.98. The summed E-state index contributed by atoms with van der Waals surface area (Å²) in [5.74, 6) is 0.803. The van der Waals surface area contributed by atoms with Gasteiger partial charge in [0.2, 0.25) is 5.17 Å². The Kier molecular flexibility index (Phi) is 2.75. The first-order valence-corrected chi connectivity index (χ1v) is 7.15. The summed E-state index contributed by atoms with van der Waals surface area (Å²) in [6, 6.07) is 14.0. The maximum atomic E-state index is 5.42. The van der Waals surface area contributed by atoms with Crippen molar-refractivity contribution in [3.05, 3.63) is 65.5 Å². The molecular weight excluding hydrogens is 272 g/mol. The van der Waals surface area contributed by atoms with Crippen molar-refractivity contribution >= 4 is 22.6 Å². The second-order valence-electron chi connectivity index (χ2n) is 4.42. The average Bonchev–Trinajstić information content (AvgIpc) is 3.17. The monoisotopic (exact) mass is 284 g/mol. The molecule has 4 rings (SSSR count). The molecule has 5 nitrogen and oxygen atoms in total. The van der Waals surface area contributed by atoms with Crippen LogP contribution in [-0.2, 0) is 0 Å². The van der Waals surface area contributed by atoms with Crippen molar-refractivity contribution in [3.63, 3.8) is 0 Å². The van der Waals surface area contributed by atoms with Crippen LogP contribution < -0.4 is 10.9 Å². The minimum Gasteiger partial charge on any atom is -0.466 e. The summed E-state index contributed by atoms with van der Waals surface area (Å²) in [6.45, 7) is 0. The zero-order chi connectivity index (χ0) is 13.4. The number of nitrogens with one attached hydrogen (secondary N) is 2. The number of thioether (sulfide) groups is 1. The zero-order valence-corrected chi connectivity index (χ0v) is 11.3. The van der Waals surface area contributed by atoms with Gasteiger partial charge in [0, 0.05) is 11.0 Å². The predicted octanol–water partition coefficient (Wildman–Crippen LogP) is 2.70. The van der Waals surface area contributed by atoms with Crippen molar-refractivity contribution in [2.75, 3.05) is 0 Å². The molecule has 100 valence electrons. The summed E-state index contributed by atoms with van der Waals surface area (Å²) in [7, 11) is 0. The largest absolute Gasteiger partial charge is 0.466 e. The lowest BCUT2D eigenvalue weighted by molar-refractivity contribution is 0.256. The second-order valence-corrected chi connectivity index (χ2v) is 5.26. The summed E-state index contributed by atoms with van der Waals surface area (Å²) in [5, 5.41) is 9.35. The molecule has 0 aliphatic carbocycles. The number of amidine groups is 1. The molecule has 0 spiro atoms. The van der Waals surface area contributed by atoms with Crippen LogP contribution in [0.4, 0.5) is 0 Å². The molecule has 2 aliphatic rings. The van der Waals surface area contributed by atoms with Crippen molar-refractivity contribution in [3.8, 4) is 0 Å².